The van der Waals surface area contributed by atoms with Crippen LogP contribution in [0.15, 0.2) is 0 Å². The van der Waals surface area contributed by atoms with Gasteiger partial charge >= 0.3 is 129 Å². The Morgan fingerprint density at radius 2 is 0.684 bits per heavy atom. The van der Waals surface area contributed by atoms with Crippen molar-refractivity contribution in [3.8, 4) is 0 Å². The zero-order chi connectivity index (χ0) is 12.9. The first-order valence-electron chi connectivity index (χ1n) is 9.32. The molecule has 0 bridgehead atoms. The van der Waals surface area contributed by atoms with Crippen LogP contribution in [0.1, 0.15) is 97.7 Å². The predicted molar refractivity (Wildman–Crippen MR) is 87.4 cm³/mol. The van der Waals surface area contributed by atoms with Gasteiger partial charge in [0.15, 0.2) is 0 Å². The summed E-state index contributed by atoms with van der Waals surface area (Å²) in [6.45, 7) is 0. The zero-order valence-electron chi connectivity index (χ0n) is 13.8. The average molecular weight is 458 g/mol. The molecule has 0 aromatic heterocycles. The molecule has 3 rings (SSSR count). The fraction of sp³-hybridized carbons (Fsp3) is 1.00. The quantitative estimate of drug-likeness (QED) is 0.419. The van der Waals surface area contributed by atoms with Crippen LogP contribution in [0.5, 0.6) is 0 Å². The van der Waals surface area contributed by atoms with Gasteiger partial charge in [0, 0.05) is 0 Å². The topological polar surface area (TPSA) is 0 Å². The summed E-state index contributed by atoms with van der Waals surface area (Å²) in [7, 11) is 0. The molecule has 0 amide bonds. The first-order valence-corrected chi connectivity index (χ1v) is 16.0. The normalized spacial score (nSPS) is 28.9. The van der Waals surface area contributed by atoms with Gasteiger partial charge in [0.1, 0.15) is 0 Å². The Kier molecular flexibility index (Phi) is 6.09. The monoisotopic (exact) mass is 458 g/mol. The van der Waals surface area contributed by atoms with Crippen molar-refractivity contribution < 1.29 is 1.43 Å². The van der Waals surface area contributed by atoms with Gasteiger partial charge in [-0.3, -0.25) is 0 Å². The van der Waals surface area contributed by atoms with E-state index < -0.39 is 22.7 Å². The third-order valence-electron chi connectivity index (χ3n) is 6.23. The van der Waals surface area contributed by atoms with Crippen LogP contribution >= 0.6 is 0 Å². The first-order chi connectivity index (χ1) is 9.45. The molecule has 3 aliphatic rings. The summed E-state index contributed by atoms with van der Waals surface area (Å²) in [6, 6.07) is 0. The van der Waals surface area contributed by atoms with E-state index in [0.717, 1.165) is 0 Å². The molecule has 0 heterocycles. The number of rotatable bonds is 3. The molecule has 0 aromatic rings. The van der Waals surface area contributed by atoms with Gasteiger partial charge < -0.3 is 1.43 Å². The van der Waals surface area contributed by atoms with Gasteiger partial charge in [0.25, 0.3) is 0 Å². The van der Waals surface area contributed by atoms with Gasteiger partial charge in [-0.2, -0.15) is 0 Å². The Balaban J connectivity index is 0.00000147. The smallest absolute Gasteiger partial charge is 1.00 e. The minimum Gasteiger partial charge on any atom is -1.00 e. The molecule has 3 fully saturated rings. The Morgan fingerprint density at radius 3 is 0.947 bits per heavy atom. The van der Waals surface area contributed by atoms with E-state index in [1.165, 1.54) is 10.4 Å². The van der Waals surface area contributed by atoms with Gasteiger partial charge in [-0.1, -0.05) is 0 Å². The Labute approximate surface area is 130 Å². The minimum absolute atomic E-state index is 0. The van der Waals surface area contributed by atoms with Crippen LogP contribution in [0.4, 0.5) is 0 Å². The zero-order valence-corrected chi connectivity index (χ0v) is 16.7. The molecular formula is C18H34Pb-. The van der Waals surface area contributed by atoms with E-state index >= 15 is 0 Å². The second-order valence-electron chi connectivity index (χ2n) is 7.50. The summed E-state index contributed by atoms with van der Waals surface area (Å²) in [4.78, 5) is 0. The van der Waals surface area contributed by atoms with Crippen LogP contribution in [0.3, 0.4) is 0 Å². The van der Waals surface area contributed by atoms with Crippen molar-refractivity contribution in [3.63, 3.8) is 0 Å². The standard InChI is InChI=1S/3C6H11.Pb.H/c3*1-2-4-6-5-3-1;;/h3*1H,2-6H2;;/q;;;;-1. The van der Waals surface area contributed by atoms with E-state index in [1.807, 2.05) is 0 Å². The molecule has 0 unspecified atom stereocenters. The van der Waals surface area contributed by atoms with Crippen molar-refractivity contribution >= 4 is 22.7 Å². The fourth-order valence-corrected chi connectivity index (χ4v) is 25.6. The van der Waals surface area contributed by atoms with Gasteiger partial charge in [-0.05, 0) is 0 Å². The molecule has 111 valence electrons. The van der Waals surface area contributed by atoms with Crippen molar-refractivity contribution in [1.82, 2.24) is 0 Å². The Bertz CT molecular complexity index is 207. The van der Waals surface area contributed by atoms with Gasteiger partial charge in [0.2, 0.25) is 0 Å². The molecule has 0 saturated heterocycles. The average Bonchev–Trinajstić information content (AvgIpc) is 2.51. The molecule has 3 saturated carbocycles. The SMILES string of the molecule is C1CC[CH]([Pb]([CH]2CCCCC2)[CH]2CCCCC2)CC1.[H-]. The molecule has 0 N–H and O–H groups in total. The Morgan fingerprint density at radius 1 is 0.421 bits per heavy atom. The summed E-state index contributed by atoms with van der Waals surface area (Å²) >= 11 is -1.34. The fourth-order valence-electron chi connectivity index (χ4n) is 5.31. The summed E-state index contributed by atoms with van der Waals surface area (Å²) in [5.41, 5.74) is 0. The Hall–Kier alpha value is 0.922. The molecule has 0 atom stereocenters. The third-order valence-corrected chi connectivity index (χ3v) is 24.0. The van der Waals surface area contributed by atoms with Crippen LogP contribution in [0, 0.1) is 0 Å². The van der Waals surface area contributed by atoms with E-state index in [-0.39, 0.29) is 1.43 Å². The molecule has 19 heavy (non-hydrogen) atoms. The third kappa shape index (κ3) is 3.97. The summed E-state index contributed by atoms with van der Waals surface area (Å²) < 4.78 is 4.01. The summed E-state index contributed by atoms with van der Waals surface area (Å²) in [5, 5.41) is 0. The maximum Gasteiger partial charge on any atom is -1.00 e. The van der Waals surface area contributed by atoms with Crippen LogP contribution in [0.25, 0.3) is 0 Å². The molecular weight excluding hydrogens is 423 g/mol. The van der Waals surface area contributed by atoms with Crippen molar-refractivity contribution in [2.45, 2.75) is 107 Å². The van der Waals surface area contributed by atoms with Crippen LogP contribution in [0.2, 0.25) is 10.4 Å². The van der Waals surface area contributed by atoms with Crippen molar-refractivity contribution in [1.29, 1.82) is 0 Å². The molecule has 0 aromatic carbocycles. The molecule has 3 aliphatic carbocycles. The largest absolute Gasteiger partial charge is 1.00 e. The van der Waals surface area contributed by atoms with Crippen molar-refractivity contribution in [2.24, 2.45) is 0 Å². The van der Waals surface area contributed by atoms with E-state index in [0.29, 0.717) is 0 Å². The van der Waals surface area contributed by atoms with Crippen LogP contribution < -0.4 is 0 Å². The predicted octanol–water partition coefficient (Wildman–Crippen LogP) is 6.60. The summed E-state index contributed by atoms with van der Waals surface area (Å²) in [6.07, 6.45) is 24.3. The molecule has 0 aliphatic heterocycles. The van der Waals surface area contributed by atoms with Crippen molar-refractivity contribution in [2.75, 3.05) is 0 Å². The maximum absolute atomic E-state index is 1.68. The number of hydrogen-bond acceptors (Lipinski definition) is 0. The molecule has 1 heteroatoms. The molecule has 0 nitrogen and oxygen atoms in total. The summed E-state index contributed by atoms with van der Waals surface area (Å²) in [5.74, 6) is 0. The molecule has 1 radical (unpaired) electrons. The maximum atomic E-state index is 1.68. The number of hydrogen-bond donors (Lipinski definition) is 0. The van der Waals surface area contributed by atoms with E-state index in [4.69, 9.17) is 0 Å². The molecule has 0 spiro atoms. The van der Waals surface area contributed by atoms with Gasteiger partial charge in [0.05, 0.1) is 0 Å². The van der Waals surface area contributed by atoms with E-state index in [1.54, 1.807) is 96.3 Å². The van der Waals surface area contributed by atoms with Gasteiger partial charge in [-0.25, -0.2) is 0 Å². The van der Waals surface area contributed by atoms with Crippen molar-refractivity contribution in [3.05, 3.63) is 0 Å². The second kappa shape index (κ2) is 7.80. The minimum atomic E-state index is -1.34. The first kappa shape index (κ1) is 14.8. The van der Waals surface area contributed by atoms with Gasteiger partial charge in [-0.15, -0.1) is 0 Å². The van der Waals surface area contributed by atoms with E-state index in [2.05, 4.69) is 0 Å². The van der Waals surface area contributed by atoms with Crippen LogP contribution in [-0.4, -0.2) is 22.7 Å². The second-order valence-corrected chi connectivity index (χ2v) is 20.9. The van der Waals surface area contributed by atoms with E-state index in [9.17, 15) is 0 Å². The van der Waals surface area contributed by atoms with Crippen LogP contribution in [-0.2, 0) is 0 Å².